The third-order valence-corrected chi connectivity index (χ3v) is 6.61. The van der Waals surface area contributed by atoms with Crippen LogP contribution in [0.2, 0.25) is 0 Å². The van der Waals surface area contributed by atoms with E-state index in [9.17, 15) is 8.42 Å². The van der Waals surface area contributed by atoms with E-state index in [1.807, 2.05) is 11.7 Å². The van der Waals surface area contributed by atoms with Crippen molar-refractivity contribution in [3.63, 3.8) is 0 Å². The average Bonchev–Trinajstić information content (AvgIpc) is 3.16. The van der Waals surface area contributed by atoms with Gasteiger partial charge in [-0.25, -0.2) is 13.6 Å². The molecule has 0 atom stereocenters. The minimum absolute atomic E-state index is 0.221. The Morgan fingerprint density at radius 1 is 1.45 bits per heavy atom. The molecule has 8 heteroatoms. The highest BCUT2D eigenvalue weighted by molar-refractivity contribution is 7.91. The van der Waals surface area contributed by atoms with E-state index in [0.29, 0.717) is 18.0 Å². The summed E-state index contributed by atoms with van der Waals surface area (Å²) in [5.74, 6) is 1.45. The zero-order valence-electron chi connectivity index (χ0n) is 12.4. The number of nitrogens with two attached hydrogens (primary N) is 1. The predicted molar refractivity (Wildman–Crippen MR) is 87.4 cm³/mol. The lowest BCUT2D eigenvalue weighted by molar-refractivity contribution is 0.599. The summed E-state index contributed by atoms with van der Waals surface area (Å²) in [5, 5.41) is 14.8. The lowest BCUT2D eigenvalue weighted by Gasteiger charge is -2.06. The van der Waals surface area contributed by atoms with Gasteiger partial charge in [-0.1, -0.05) is 12.8 Å². The third kappa shape index (κ3) is 3.18. The lowest BCUT2D eigenvalue weighted by Crippen LogP contribution is -2.14. The first-order valence-corrected chi connectivity index (χ1v) is 9.75. The van der Waals surface area contributed by atoms with Crippen LogP contribution in [0.5, 0.6) is 0 Å². The van der Waals surface area contributed by atoms with Crippen molar-refractivity contribution in [2.45, 2.75) is 42.4 Å². The van der Waals surface area contributed by atoms with Crippen LogP contribution in [-0.2, 0) is 23.6 Å². The molecule has 0 unspecified atom stereocenters. The van der Waals surface area contributed by atoms with Crippen LogP contribution in [0.15, 0.2) is 21.7 Å². The highest BCUT2D eigenvalue weighted by Crippen LogP contribution is 2.34. The molecule has 2 aromatic rings. The molecule has 3 rings (SSSR count). The third-order valence-electron chi connectivity index (χ3n) is 4.10. The van der Waals surface area contributed by atoms with Gasteiger partial charge in [-0.2, -0.15) is 5.10 Å². The van der Waals surface area contributed by atoms with Crippen LogP contribution in [0.3, 0.4) is 0 Å². The van der Waals surface area contributed by atoms with Crippen LogP contribution in [-0.4, -0.2) is 18.2 Å². The van der Waals surface area contributed by atoms with E-state index >= 15 is 0 Å². The van der Waals surface area contributed by atoms with E-state index in [-0.39, 0.29) is 4.21 Å². The Morgan fingerprint density at radius 2 is 2.18 bits per heavy atom. The number of aromatic nitrogens is 2. The first kappa shape index (κ1) is 15.5. The Balaban J connectivity index is 1.73. The van der Waals surface area contributed by atoms with Crippen LogP contribution in [0.1, 0.15) is 42.9 Å². The van der Waals surface area contributed by atoms with Crippen molar-refractivity contribution in [3.05, 3.63) is 28.8 Å². The maximum atomic E-state index is 11.5. The predicted octanol–water partition coefficient (Wildman–Crippen LogP) is 2.40. The van der Waals surface area contributed by atoms with E-state index in [0.717, 1.165) is 22.8 Å². The molecule has 0 amide bonds. The molecule has 1 fully saturated rings. The molecule has 1 saturated carbocycles. The van der Waals surface area contributed by atoms with E-state index in [1.54, 1.807) is 11.4 Å². The standard InChI is InChI=1S/C14H20N4O2S2/c1-18-13(8-12(17-18)10-4-2-3-5-10)16-9-11-6-7-21-14(11)22(15,19)20/h6-8,10,16H,2-5,9H2,1H3,(H2,15,19,20). The molecule has 0 aliphatic heterocycles. The average molecular weight is 340 g/mol. The smallest absolute Gasteiger partial charge is 0.247 e. The van der Waals surface area contributed by atoms with Gasteiger partial charge in [0.2, 0.25) is 10.0 Å². The zero-order valence-corrected chi connectivity index (χ0v) is 14.1. The molecule has 3 N–H and O–H groups in total. The number of rotatable bonds is 5. The number of nitrogens with zero attached hydrogens (tertiary/aromatic N) is 2. The van der Waals surface area contributed by atoms with Gasteiger partial charge in [0.05, 0.1) is 5.69 Å². The second-order valence-electron chi connectivity index (χ2n) is 5.69. The monoisotopic (exact) mass is 340 g/mol. The van der Waals surface area contributed by atoms with Gasteiger partial charge in [0, 0.05) is 31.1 Å². The van der Waals surface area contributed by atoms with Crippen LogP contribution in [0.25, 0.3) is 0 Å². The quantitative estimate of drug-likeness (QED) is 0.874. The Hall–Kier alpha value is -1.38. The van der Waals surface area contributed by atoms with Gasteiger partial charge in [0.25, 0.3) is 0 Å². The first-order chi connectivity index (χ1) is 10.4. The second-order valence-corrected chi connectivity index (χ2v) is 8.36. The summed E-state index contributed by atoms with van der Waals surface area (Å²) in [6.07, 6.45) is 4.96. The largest absolute Gasteiger partial charge is 0.366 e. The molecule has 0 bridgehead atoms. The van der Waals surface area contributed by atoms with E-state index in [2.05, 4.69) is 16.5 Å². The Bertz CT molecular complexity index is 758. The molecule has 22 heavy (non-hydrogen) atoms. The van der Waals surface area contributed by atoms with Crippen molar-refractivity contribution >= 4 is 27.2 Å². The summed E-state index contributed by atoms with van der Waals surface area (Å²) in [7, 11) is -1.76. The van der Waals surface area contributed by atoms with E-state index in [4.69, 9.17) is 5.14 Å². The molecule has 120 valence electrons. The normalized spacial score (nSPS) is 16.3. The first-order valence-electron chi connectivity index (χ1n) is 7.32. The Labute approximate surface area is 134 Å². The number of aryl methyl sites for hydroxylation is 1. The van der Waals surface area contributed by atoms with E-state index in [1.165, 1.54) is 25.7 Å². The fraction of sp³-hybridized carbons (Fsp3) is 0.500. The number of thiophene rings is 1. The minimum Gasteiger partial charge on any atom is -0.366 e. The maximum absolute atomic E-state index is 11.5. The van der Waals surface area contributed by atoms with Gasteiger partial charge in [0.15, 0.2) is 0 Å². The van der Waals surface area contributed by atoms with Gasteiger partial charge < -0.3 is 5.32 Å². The summed E-state index contributed by atoms with van der Waals surface area (Å²) >= 11 is 1.15. The minimum atomic E-state index is -3.66. The molecular weight excluding hydrogens is 320 g/mol. The van der Waals surface area contributed by atoms with Crippen LogP contribution in [0, 0.1) is 0 Å². The Morgan fingerprint density at radius 3 is 2.86 bits per heavy atom. The molecule has 2 aromatic heterocycles. The van der Waals surface area contributed by atoms with E-state index < -0.39 is 10.0 Å². The number of sulfonamides is 1. The topological polar surface area (TPSA) is 90.0 Å². The molecule has 1 aliphatic carbocycles. The molecule has 6 nitrogen and oxygen atoms in total. The number of anilines is 1. The fourth-order valence-corrected chi connectivity index (χ4v) is 4.82. The molecule has 0 radical (unpaired) electrons. The highest BCUT2D eigenvalue weighted by atomic mass is 32.2. The number of primary sulfonamides is 1. The summed E-state index contributed by atoms with van der Waals surface area (Å²) < 4.78 is 25.1. The zero-order chi connectivity index (χ0) is 15.7. The molecule has 0 spiro atoms. The molecular formula is C14H20N4O2S2. The highest BCUT2D eigenvalue weighted by Gasteiger charge is 2.21. The van der Waals surface area contributed by atoms with Crippen LogP contribution >= 0.6 is 11.3 Å². The molecule has 1 aliphatic rings. The summed E-state index contributed by atoms with van der Waals surface area (Å²) in [4.78, 5) is 0. The van der Waals surface area contributed by atoms with Gasteiger partial charge in [-0.15, -0.1) is 11.3 Å². The number of hydrogen-bond acceptors (Lipinski definition) is 5. The van der Waals surface area contributed by atoms with Gasteiger partial charge in [-0.3, -0.25) is 4.68 Å². The van der Waals surface area contributed by atoms with Gasteiger partial charge >= 0.3 is 0 Å². The van der Waals surface area contributed by atoms with Gasteiger partial charge in [0.1, 0.15) is 10.0 Å². The van der Waals surface area contributed by atoms with Crippen LogP contribution < -0.4 is 10.5 Å². The molecule has 2 heterocycles. The summed E-state index contributed by atoms with van der Waals surface area (Å²) in [6, 6.07) is 3.85. The molecule has 0 saturated heterocycles. The van der Waals surface area contributed by atoms with Crippen molar-refractivity contribution in [2.75, 3.05) is 5.32 Å². The number of hydrogen-bond donors (Lipinski definition) is 2. The van der Waals surface area contributed by atoms with Crippen molar-refractivity contribution in [2.24, 2.45) is 12.2 Å². The molecule has 0 aromatic carbocycles. The van der Waals surface area contributed by atoms with Crippen molar-refractivity contribution < 1.29 is 8.42 Å². The van der Waals surface area contributed by atoms with Crippen molar-refractivity contribution in [3.8, 4) is 0 Å². The summed E-state index contributed by atoms with van der Waals surface area (Å²) in [5.41, 5.74) is 1.82. The summed E-state index contributed by atoms with van der Waals surface area (Å²) in [6.45, 7) is 0.416. The maximum Gasteiger partial charge on any atom is 0.247 e. The van der Waals surface area contributed by atoms with Gasteiger partial charge in [-0.05, 0) is 24.3 Å². The van der Waals surface area contributed by atoms with Crippen LogP contribution in [0.4, 0.5) is 5.82 Å². The fourth-order valence-electron chi connectivity index (χ4n) is 2.96. The van der Waals surface area contributed by atoms with Crippen molar-refractivity contribution in [1.29, 1.82) is 0 Å². The SMILES string of the molecule is Cn1nc(C2CCCC2)cc1NCc1ccsc1S(N)(=O)=O. The second kappa shape index (κ2) is 6.02. The lowest BCUT2D eigenvalue weighted by atomic mass is 10.0. The Kier molecular flexibility index (Phi) is 4.24. The number of nitrogens with one attached hydrogen (secondary N) is 1. The van der Waals surface area contributed by atoms with Crippen molar-refractivity contribution in [1.82, 2.24) is 9.78 Å².